The van der Waals surface area contributed by atoms with Gasteiger partial charge in [-0.3, -0.25) is 4.79 Å². The molecule has 0 atom stereocenters. The quantitative estimate of drug-likeness (QED) is 0.739. The van der Waals surface area contributed by atoms with E-state index in [4.69, 9.17) is 5.73 Å². The lowest BCUT2D eigenvalue weighted by atomic mass is 9.93. The van der Waals surface area contributed by atoms with Gasteiger partial charge in [0.2, 0.25) is 0 Å². The summed E-state index contributed by atoms with van der Waals surface area (Å²) in [5.41, 5.74) is 6.02. The van der Waals surface area contributed by atoms with Crippen LogP contribution >= 0.6 is 15.9 Å². The Kier molecular flexibility index (Phi) is 4.47. The van der Waals surface area contributed by atoms with Crippen LogP contribution in [-0.2, 0) is 0 Å². The van der Waals surface area contributed by atoms with Crippen molar-refractivity contribution in [3.8, 4) is 0 Å². The highest BCUT2D eigenvalue weighted by atomic mass is 79.9. The maximum absolute atomic E-state index is 13.9. The van der Waals surface area contributed by atoms with E-state index in [2.05, 4.69) is 31.5 Å². The van der Waals surface area contributed by atoms with E-state index in [1.54, 1.807) is 12.3 Å². The zero-order valence-electron chi connectivity index (χ0n) is 12.3. The Balaban J connectivity index is 1.80. The molecule has 1 aromatic carbocycles. The number of hydrogen-bond acceptors (Lipinski definition) is 4. The van der Waals surface area contributed by atoms with Gasteiger partial charge in [-0.1, -0.05) is 15.9 Å². The van der Waals surface area contributed by atoms with Crippen LogP contribution in [0.2, 0.25) is 0 Å². The number of benzene rings is 1. The van der Waals surface area contributed by atoms with Gasteiger partial charge in [0.05, 0.1) is 23.1 Å². The number of primary amides is 1. The average molecular weight is 379 g/mol. The lowest BCUT2D eigenvalue weighted by Gasteiger charge is -2.26. The summed E-state index contributed by atoms with van der Waals surface area (Å²) in [7, 11) is 0. The van der Waals surface area contributed by atoms with E-state index in [0.717, 1.165) is 5.82 Å². The van der Waals surface area contributed by atoms with E-state index in [1.807, 2.05) is 12.1 Å². The number of carbonyl (C=O) groups is 1. The fourth-order valence-electron chi connectivity index (χ4n) is 2.39. The van der Waals surface area contributed by atoms with Crippen molar-refractivity contribution in [2.45, 2.75) is 25.3 Å². The van der Waals surface area contributed by atoms with Gasteiger partial charge in [-0.05, 0) is 43.5 Å². The second-order valence-electron chi connectivity index (χ2n) is 5.50. The third kappa shape index (κ3) is 3.61. The van der Waals surface area contributed by atoms with Crippen molar-refractivity contribution < 1.29 is 9.18 Å². The average Bonchev–Trinajstić information content (AvgIpc) is 2.43. The van der Waals surface area contributed by atoms with Crippen LogP contribution in [0.3, 0.4) is 0 Å². The van der Waals surface area contributed by atoms with E-state index in [-0.39, 0.29) is 5.56 Å². The van der Waals surface area contributed by atoms with Crippen LogP contribution in [0.1, 0.15) is 29.6 Å². The number of rotatable bonds is 5. The van der Waals surface area contributed by atoms with Gasteiger partial charge in [0.1, 0.15) is 11.6 Å². The molecule has 1 amide bonds. The molecule has 0 aliphatic heterocycles. The van der Waals surface area contributed by atoms with Crippen LogP contribution in [0, 0.1) is 5.82 Å². The Labute approximate surface area is 141 Å². The molecule has 1 aromatic heterocycles. The first kappa shape index (κ1) is 15.7. The van der Waals surface area contributed by atoms with Crippen molar-refractivity contribution in [2.75, 3.05) is 10.6 Å². The van der Waals surface area contributed by atoms with Crippen molar-refractivity contribution in [3.05, 3.63) is 46.3 Å². The van der Waals surface area contributed by atoms with E-state index >= 15 is 0 Å². The molecule has 120 valence electrons. The van der Waals surface area contributed by atoms with Gasteiger partial charge in [0, 0.05) is 10.5 Å². The molecule has 2 aromatic rings. The Morgan fingerprint density at radius 1 is 1.35 bits per heavy atom. The van der Waals surface area contributed by atoms with Crippen molar-refractivity contribution in [1.29, 1.82) is 0 Å². The molecule has 0 radical (unpaired) electrons. The molecule has 1 aliphatic carbocycles. The van der Waals surface area contributed by atoms with Crippen LogP contribution in [0.4, 0.5) is 21.6 Å². The number of pyridine rings is 1. The van der Waals surface area contributed by atoms with E-state index in [9.17, 15) is 9.18 Å². The number of carbonyl (C=O) groups excluding carboxylic acids is 1. The highest BCUT2D eigenvalue weighted by Gasteiger charge is 2.18. The summed E-state index contributed by atoms with van der Waals surface area (Å²) in [4.78, 5) is 15.8. The number of halogens is 2. The zero-order chi connectivity index (χ0) is 16.4. The maximum atomic E-state index is 13.9. The van der Waals surface area contributed by atoms with Crippen LogP contribution in [0.15, 0.2) is 34.9 Å². The molecule has 0 saturated heterocycles. The number of aromatic nitrogens is 1. The van der Waals surface area contributed by atoms with Gasteiger partial charge in [-0.2, -0.15) is 0 Å². The van der Waals surface area contributed by atoms with Crippen LogP contribution in [0.5, 0.6) is 0 Å². The number of hydrogen-bond donors (Lipinski definition) is 3. The fraction of sp³-hybridized carbons (Fsp3) is 0.250. The van der Waals surface area contributed by atoms with Crippen molar-refractivity contribution >= 4 is 39.0 Å². The topological polar surface area (TPSA) is 80.0 Å². The molecule has 7 heteroatoms. The van der Waals surface area contributed by atoms with Gasteiger partial charge < -0.3 is 16.4 Å². The number of nitrogens with zero attached hydrogens (tertiary/aromatic N) is 1. The Hall–Kier alpha value is -2.15. The van der Waals surface area contributed by atoms with Crippen LogP contribution in [-0.4, -0.2) is 16.9 Å². The zero-order valence-corrected chi connectivity index (χ0v) is 13.9. The summed E-state index contributed by atoms with van der Waals surface area (Å²) < 4.78 is 14.4. The smallest absolute Gasteiger partial charge is 0.253 e. The van der Waals surface area contributed by atoms with Gasteiger partial charge >= 0.3 is 0 Å². The van der Waals surface area contributed by atoms with Crippen molar-refractivity contribution in [3.63, 3.8) is 0 Å². The van der Waals surface area contributed by atoms with Crippen molar-refractivity contribution in [2.24, 2.45) is 5.73 Å². The standard InChI is InChI=1S/C16H16BrFN4O/c17-9-6-12(18)15(16(19)23)13(7-9)21-11-4-5-14(20-8-11)22-10-2-1-3-10/h4-8,10,21H,1-3H2,(H2,19,23)(H,20,22). The SMILES string of the molecule is NC(=O)c1c(F)cc(Br)cc1Nc1ccc(NC2CCC2)nc1. The molecule has 1 saturated carbocycles. The molecule has 5 nitrogen and oxygen atoms in total. The van der Waals surface area contributed by atoms with Crippen LogP contribution in [0.25, 0.3) is 0 Å². The summed E-state index contributed by atoms with van der Waals surface area (Å²) in [6.07, 6.45) is 5.22. The second kappa shape index (κ2) is 6.54. The van der Waals surface area contributed by atoms with Crippen LogP contribution < -0.4 is 16.4 Å². The predicted octanol–water partition coefficient (Wildman–Crippen LogP) is 3.79. The lowest BCUT2D eigenvalue weighted by Crippen LogP contribution is -2.27. The lowest BCUT2D eigenvalue weighted by molar-refractivity contribution is 0.0997. The summed E-state index contributed by atoms with van der Waals surface area (Å²) in [5.74, 6) is -0.699. The Bertz CT molecular complexity index is 732. The van der Waals surface area contributed by atoms with Crippen molar-refractivity contribution in [1.82, 2.24) is 4.98 Å². The van der Waals surface area contributed by atoms with E-state index in [1.165, 1.54) is 25.3 Å². The Morgan fingerprint density at radius 3 is 2.70 bits per heavy atom. The number of nitrogens with two attached hydrogens (primary N) is 1. The fourth-order valence-corrected chi connectivity index (χ4v) is 2.82. The van der Waals surface area contributed by atoms with Gasteiger partial charge in [0.25, 0.3) is 5.91 Å². The first-order valence-electron chi connectivity index (χ1n) is 7.31. The second-order valence-corrected chi connectivity index (χ2v) is 6.42. The molecule has 3 rings (SSSR count). The van der Waals surface area contributed by atoms with E-state index in [0.29, 0.717) is 21.9 Å². The third-order valence-corrected chi connectivity index (χ3v) is 4.26. The minimum atomic E-state index is -0.825. The number of anilines is 3. The molecule has 1 fully saturated rings. The molecule has 23 heavy (non-hydrogen) atoms. The first-order chi connectivity index (χ1) is 11.0. The number of amides is 1. The maximum Gasteiger partial charge on any atom is 0.253 e. The molecule has 4 N–H and O–H groups in total. The summed E-state index contributed by atoms with van der Waals surface area (Å²) in [5, 5.41) is 6.32. The predicted molar refractivity (Wildman–Crippen MR) is 91.4 cm³/mol. The first-order valence-corrected chi connectivity index (χ1v) is 8.10. The monoisotopic (exact) mass is 378 g/mol. The molecule has 1 heterocycles. The highest BCUT2D eigenvalue weighted by Crippen LogP contribution is 2.28. The third-order valence-electron chi connectivity index (χ3n) is 3.80. The molecule has 0 bridgehead atoms. The van der Waals surface area contributed by atoms with Gasteiger partial charge in [0.15, 0.2) is 0 Å². The molecular formula is C16H16BrFN4O. The molecular weight excluding hydrogens is 363 g/mol. The largest absolute Gasteiger partial charge is 0.367 e. The molecule has 0 unspecified atom stereocenters. The summed E-state index contributed by atoms with van der Waals surface area (Å²) >= 11 is 3.20. The summed E-state index contributed by atoms with van der Waals surface area (Å²) in [6, 6.07) is 6.97. The minimum Gasteiger partial charge on any atom is -0.367 e. The molecule has 0 spiro atoms. The molecule has 1 aliphatic rings. The van der Waals surface area contributed by atoms with Gasteiger partial charge in [-0.25, -0.2) is 9.37 Å². The number of nitrogens with one attached hydrogen (secondary N) is 2. The van der Waals surface area contributed by atoms with E-state index < -0.39 is 11.7 Å². The normalized spacial score (nSPS) is 14.2. The highest BCUT2D eigenvalue weighted by molar-refractivity contribution is 9.10. The minimum absolute atomic E-state index is 0.176. The Morgan fingerprint density at radius 2 is 2.13 bits per heavy atom. The summed E-state index contributed by atoms with van der Waals surface area (Å²) in [6.45, 7) is 0. The van der Waals surface area contributed by atoms with Gasteiger partial charge in [-0.15, -0.1) is 0 Å².